The van der Waals surface area contributed by atoms with Gasteiger partial charge in [0.1, 0.15) is 10.1 Å². The van der Waals surface area contributed by atoms with Gasteiger partial charge in [-0.2, -0.15) is 0 Å². The van der Waals surface area contributed by atoms with E-state index < -0.39 is 6.10 Å². The molecule has 0 aromatic carbocycles. The third kappa shape index (κ3) is 3.28. The number of pyridine rings is 2. The second kappa shape index (κ2) is 5.62. The van der Waals surface area contributed by atoms with E-state index in [1.54, 1.807) is 19.3 Å². The van der Waals surface area contributed by atoms with Crippen LogP contribution in [0, 0.1) is 0 Å². The van der Waals surface area contributed by atoms with Crippen LogP contribution >= 0.6 is 27.7 Å². The van der Waals surface area contributed by atoms with Gasteiger partial charge in [0, 0.05) is 22.4 Å². The van der Waals surface area contributed by atoms with Crippen LogP contribution in [0.3, 0.4) is 0 Å². The number of aromatic nitrogens is 2. The maximum absolute atomic E-state index is 9.65. The smallest absolute Gasteiger partial charge is 0.108 e. The molecule has 2 aromatic heterocycles. The SMILES string of the molecule is C[C@@H](O)c1cccnc1Sc1ccc(Br)cn1. The largest absolute Gasteiger partial charge is 0.389 e. The molecule has 2 aromatic rings. The van der Waals surface area contributed by atoms with E-state index in [0.29, 0.717) is 0 Å². The minimum absolute atomic E-state index is 0.526. The summed E-state index contributed by atoms with van der Waals surface area (Å²) in [5.41, 5.74) is 0.821. The maximum atomic E-state index is 9.65. The van der Waals surface area contributed by atoms with Crippen LogP contribution in [0.1, 0.15) is 18.6 Å². The lowest BCUT2D eigenvalue weighted by molar-refractivity contribution is 0.195. The van der Waals surface area contributed by atoms with Gasteiger partial charge >= 0.3 is 0 Å². The highest BCUT2D eigenvalue weighted by Gasteiger charge is 2.10. The van der Waals surface area contributed by atoms with Crippen molar-refractivity contribution in [3.63, 3.8) is 0 Å². The molecule has 0 amide bonds. The highest BCUT2D eigenvalue weighted by Crippen LogP contribution is 2.30. The van der Waals surface area contributed by atoms with Crippen molar-refractivity contribution in [1.29, 1.82) is 0 Å². The van der Waals surface area contributed by atoms with E-state index in [1.807, 2.05) is 24.3 Å². The Bertz CT molecular complexity index is 502. The van der Waals surface area contributed by atoms with Gasteiger partial charge in [0.05, 0.1) is 6.10 Å². The third-order valence-electron chi connectivity index (χ3n) is 2.15. The molecule has 0 spiro atoms. The summed E-state index contributed by atoms with van der Waals surface area (Å²) >= 11 is 4.79. The molecule has 1 N–H and O–H groups in total. The molecule has 0 aliphatic heterocycles. The van der Waals surface area contributed by atoms with Crippen LogP contribution in [0.15, 0.2) is 51.2 Å². The van der Waals surface area contributed by atoms with E-state index in [0.717, 1.165) is 20.1 Å². The predicted octanol–water partition coefficient (Wildman–Crippen LogP) is 3.44. The zero-order valence-corrected chi connectivity index (χ0v) is 11.6. The van der Waals surface area contributed by atoms with Gasteiger partial charge in [-0.3, -0.25) is 0 Å². The number of aliphatic hydroxyl groups is 1. The van der Waals surface area contributed by atoms with Crippen LogP contribution in [0.5, 0.6) is 0 Å². The van der Waals surface area contributed by atoms with Crippen molar-refractivity contribution in [2.75, 3.05) is 0 Å². The van der Waals surface area contributed by atoms with Gasteiger partial charge in [-0.05, 0) is 52.8 Å². The average molecular weight is 311 g/mol. The zero-order valence-electron chi connectivity index (χ0n) is 9.17. The zero-order chi connectivity index (χ0) is 12.3. The molecule has 5 heteroatoms. The molecule has 0 saturated carbocycles. The number of hydrogen-bond acceptors (Lipinski definition) is 4. The monoisotopic (exact) mass is 310 g/mol. The van der Waals surface area contributed by atoms with Gasteiger partial charge in [-0.25, -0.2) is 9.97 Å². The van der Waals surface area contributed by atoms with E-state index in [4.69, 9.17) is 0 Å². The number of aliphatic hydroxyl groups excluding tert-OH is 1. The normalized spacial score (nSPS) is 12.4. The summed E-state index contributed by atoms with van der Waals surface area (Å²) in [4.78, 5) is 8.54. The number of hydrogen-bond donors (Lipinski definition) is 1. The summed E-state index contributed by atoms with van der Waals surface area (Å²) in [6.45, 7) is 1.73. The van der Waals surface area contributed by atoms with Crippen molar-refractivity contribution in [1.82, 2.24) is 9.97 Å². The molecule has 0 saturated heterocycles. The molecule has 0 unspecified atom stereocenters. The molecule has 2 heterocycles. The number of halogens is 1. The van der Waals surface area contributed by atoms with Crippen LogP contribution in [0.4, 0.5) is 0 Å². The molecule has 17 heavy (non-hydrogen) atoms. The molecule has 0 aliphatic rings. The lowest BCUT2D eigenvalue weighted by Gasteiger charge is -2.09. The molecule has 0 fully saturated rings. The molecule has 0 bridgehead atoms. The highest BCUT2D eigenvalue weighted by atomic mass is 79.9. The Morgan fingerprint density at radius 3 is 2.76 bits per heavy atom. The molecule has 2 rings (SSSR count). The Hall–Kier alpha value is -0.910. The Balaban J connectivity index is 2.26. The van der Waals surface area contributed by atoms with Crippen LogP contribution in [-0.2, 0) is 0 Å². The fraction of sp³-hybridized carbons (Fsp3) is 0.167. The first-order valence-electron chi connectivity index (χ1n) is 5.09. The maximum Gasteiger partial charge on any atom is 0.108 e. The van der Waals surface area contributed by atoms with E-state index in [1.165, 1.54) is 11.8 Å². The quantitative estimate of drug-likeness (QED) is 0.943. The molecule has 88 valence electrons. The molecule has 0 aliphatic carbocycles. The fourth-order valence-electron chi connectivity index (χ4n) is 1.33. The van der Waals surface area contributed by atoms with Gasteiger partial charge in [-0.15, -0.1) is 0 Å². The van der Waals surface area contributed by atoms with Crippen LogP contribution in [0.2, 0.25) is 0 Å². The standard InChI is InChI=1S/C12H11BrN2OS/c1-8(16)10-3-2-6-14-12(10)17-11-5-4-9(13)7-15-11/h2-8,16H,1H3/t8-/m1/s1. The van der Waals surface area contributed by atoms with Crippen molar-refractivity contribution in [2.24, 2.45) is 0 Å². The summed E-state index contributed by atoms with van der Waals surface area (Å²) < 4.78 is 0.943. The lowest BCUT2D eigenvalue weighted by atomic mass is 10.2. The van der Waals surface area contributed by atoms with Crippen molar-refractivity contribution in [3.05, 3.63) is 46.7 Å². The molecule has 3 nitrogen and oxygen atoms in total. The predicted molar refractivity (Wildman–Crippen MR) is 70.9 cm³/mol. The van der Waals surface area contributed by atoms with Crippen molar-refractivity contribution in [2.45, 2.75) is 23.1 Å². The summed E-state index contributed by atoms with van der Waals surface area (Å²) in [6.07, 6.45) is 2.93. The minimum Gasteiger partial charge on any atom is -0.389 e. The third-order valence-corrected chi connectivity index (χ3v) is 3.61. The van der Waals surface area contributed by atoms with Crippen molar-refractivity contribution in [3.8, 4) is 0 Å². The minimum atomic E-state index is -0.526. The van der Waals surface area contributed by atoms with E-state index in [2.05, 4.69) is 25.9 Å². The Kier molecular flexibility index (Phi) is 4.15. The fourth-order valence-corrected chi connectivity index (χ4v) is 2.47. The number of rotatable bonds is 3. The van der Waals surface area contributed by atoms with Crippen LogP contribution in [-0.4, -0.2) is 15.1 Å². The first kappa shape index (κ1) is 12.5. The van der Waals surface area contributed by atoms with Gasteiger partial charge in [0.2, 0.25) is 0 Å². The van der Waals surface area contributed by atoms with E-state index >= 15 is 0 Å². The van der Waals surface area contributed by atoms with E-state index in [9.17, 15) is 5.11 Å². The van der Waals surface area contributed by atoms with Crippen molar-refractivity contribution < 1.29 is 5.11 Å². The summed E-state index contributed by atoms with van der Waals surface area (Å²) in [5.74, 6) is 0. The second-order valence-electron chi connectivity index (χ2n) is 3.49. The van der Waals surface area contributed by atoms with Gasteiger partial charge in [0.15, 0.2) is 0 Å². The topological polar surface area (TPSA) is 46.0 Å². The Labute approximate surface area is 112 Å². The Morgan fingerprint density at radius 1 is 1.29 bits per heavy atom. The van der Waals surface area contributed by atoms with Crippen molar-refractivity contribution >= 4 is 27.7 Å². The molecular weight excluding hydrogens is 300 g/mol. The molecule has 0 radical (unpaired) electrons. The molecule has 1 atom stereocenters. The first-order valence-corrected chi connectivity index (χ1v) is 6.70. The lowest BCUT2D eigenvalue weighted by Crippen LogP contribution is -1.96. The van der Waals surface area contributed by atoms with E-state index in [-0.39, 0.29) is 0 Å². The van der Waals surface area contributed by atoms with Gasteiger partial charge in [0.25, 0.3) is 0 Å². The number of nitrogens with zero attached hydrogens (tertiary/aromatic N) is 2. The summed E-state index contributed by atoms with van der Waals surface area (Å²) in [6, 6.07) is 7.54. The second-order valence-corrected chi connectivity index (χ2v) is 5.42. The highest BCUT2D eigenvalue weighted by molar-refractivity contribution is 9.10. The van der Waals surface area contributed by atoms with Gasteiger partial charge < -0.3 is 5.11 Å². The average Bonchev–Trinajstić information content (AvgIpc) is 2.32. The first-order chi connectivity index (χ1) is 8.16. The van der Waals surface area contributed by atoms with Crippen LogP contribution < -0.4 is 0 Å². The Morgan fingerprint density at radius 2 is 2.12 bits per heavy atom. The summed E-state index contributed by atoms with van der Waals surface area (Å²) in [5, 5.41) is 11.3. The molecular formula is C12H11BrN2OS. The van der Waals surface area contributed by atoms with Gasteiger partial charge in [-0.1, -0.05) is 6.07 Å². The van der Waals surface area contributed by atoms with Crippen LogP contribution in [0.25, 0.3) is 0 Å². The summed E-state index contributed by atoms with van der Waals surface area (Å²) in [7, 11) is 0.